The third kappa shape index (κ3) is 4.94. The normalized spacial score (nSPS) is 12.9. The van der Waals surface area contributed by atoms with Crippen molar-refractivity contribution in [1.29, 1.82) is 0 Å². The summed E-state index contributed by atoms with van der Waals surface area (Å²) in [4.78, 5) is 30.1. The van der Waals surface area contributed by atoms with Crippen molar-refractivity contribution in [3.05, 3.63) is 79.7 Å². The van der Waals surface area contributed by atoms with Gasteiger partial charge in [-0.3, -0.25) is 14.9 Å². The van der Waals surface area contributed by atoms with Gasteiger partial charge >= 0.3 is 0 Å². The molecule has 0 unspecified atom stereocenters. The highest BCUT2D eigenvalue weighted by Gasteiger charge is 2.25. The highest BCUT2D eigenvalue weighted by Crippen LogP contribution is 2.40. The predicted molar refractivity (Wildman–Crippen MR) is 132 cm³/mol. The lowest BCUT2D eigenvalue weighted by atomic mass is 9.95. The van der Waals surface area contributed by atoms with E-state index in [9.17, 15) is 14.9 Å². The summed E-state index contributed by atoms with van der Waals surface area (Å²) < 4.78 is 10.5. The number of nitrogens with zero attached hydrogens (tertiary/aromatic N) is 2. The number of hydrogen-bond donors (Lipinski definition) is 1. The van der Waals surface area contributed by atoms with Crippen molar-refractivity contribution in [3.63, 3.8) is 0 Å². The van der Waals surface area contributed by atoms with Gasteiger partial charge in [0.25, 0.3) is 11.6 Å². The lowest BCUT2D eigenvalue weighted by molar-refractivity contribution is -0.385. The smallest absolute Gasteiger partial charge is 0.282 e. The number of methoxy groups -OCH3 is 2. The molecule has 0 saturated heterocycles. The van der Waals surface area contributed by atoms with Crippen LogP contribution in [-0.4, -0.2) is 31.3 Å². The fraction of sp³-hybridized carbons (Fsp3) is 0.280. The number of aliphatic imine (C=N–C) groups is 1. The van der Waals surface area contributed by atoms with Gasteiger partial charge in [-0.15, -0.1) is 11.3 Å². The van der Waals surface area contributed by atoms with E-state index >= 15 is 0 Å². The number of carbonyl (C=O) groups excluding carboxylic acids is 1. The Morgan fingerprint density at radius 3 is 2.56 bits per heavy atom. The van der Waals surface area contributed by atoms with E-state index in [4.69, 9.17) is 9.47 Å². The SMILES string of the molecule is COc1cc(/C=N\c2sc3c(c2C(=O)NCc2ccccc2)CCCC3)c([N+](=O)[O-])cc1OC. The second-order valence-electron chi connectivity index (χ2n) is 7.84. The first-order valence-corrected chi connectivity index (χ1v) is 11.7. The minimum Gasteiger partial charge on any atom is -0.493 e. The molecule has 1 aliphatic carbocycles. The molecule has 176 valence electrons. The Labute approximate surface area is 201 Å². The summed E-state index contributed by atoms with van der Waals surface area (Å²) in [6.45, 7) is 0.411. The molecule has 1 N–H and O–H groups in total. The van der Waals surface area contributed by atoms with Crippen molar-refractivity contribution in [2.24, 2.45) is 4.99 Å². The zero-order chi connectivity index (χ0) is 24.1. The average molecular weight is 480 g/mol. The molecular weight excluding hydrogens is 454 g/mol. The maximum atomic E-state index is 13.2. The number of nitro benzene ring substituents is 1. The van der Waals surface area contributed by atoms with Crippen LogP contribution in [0.2, 0.25) is 0 Å². The van der Waals surface area contributed by atoms with Crippen molar-refractivity contribution >= 4 is 34.1 Å². The third-order valence-electron chi connectivity index (χ3n) is 5.73. The quantitative estimate of drug-likeness (QED) is 0.271. The van der Waals surface area contributed by atoms with Gasteiger partial charge in [-0.2, -0.15) is 0 Å². The summed E-state index contributed by atoms with van der Waals surface area (Å²) >= 11 is 1.48. The van der Waals surface area contributed by atoms with Gasteiger partial charge in [-0.25, -0.2) is 4.99 Å². The van der Waals surface area contributed by atoms with Crippen molar-refractivity contribution in [2.45, 2.75) is 32.2 Å². The van der Waals surface area contributed by atoms with Crippen molar-refractivity contribution in [2.75, 3.05) is 14.2 Å². The van der Waals surface area contributed by atoms with Crippen LogP contribution in [0.1, 0.15) is 44.8 Å². The number of ether oxygens (including phenoxy) is 2. The Kier molecular flexibility index (Phi) is 7.22. The van der Waals surface area contributed by atoms with E-state index in [0.29, 0.717) is 22.9 Å². The molecule has 0 aliphatic heterocycles. The van der Waals surface area contributed by atoms with Gasteiger partial charge in [0, 0.05) is 17.6 Å². The predicted octanol–water partition coefficient (Wildman–Crippen LogP) is 5.23. The molecule has 1 aromatic heterocycles. The van der Waals surface area contributed by atoms with Gasteiger partial charge in [-0.1, -0.05) is 30.3 Å². The van der Waals surface area contributed by atoms with Crippen LogP contribution in [-0.2, 0) is 19.4 Å². The summed E-state index contributed by atoms with van der Waals surface area (Å²) in [6.07, 6.45) is 5.25. The number of thiophene rings is 1. The number of hydrogen-bond acceptors (Lipinski definition) is 7. The maximum Gasteiger partial charge on any atom is 0.282 e. The van der Waals surface area contributed by atoms with E-state index in [2.05, 4.69) is 10.3 Å². The van der Waals surface area contributed by atoms with Gasteiger partial charge in [0.2, 0.25) is 0 Å². The van der Waals surface area contributed by atoms with E-state index < -0.39 is 4.92 Å². The monoisotopic (exact) mass is 479 g/mol. The average Bonchev–Trinajstić information content (AvgIpc) is 3.24. The second-order valence-corrected chi connectivity index (χ2v) is 8.92. The number of benzene rings is 2. The van der Waals surface area contributed by atoms with E-state index in [1.54, 1.807) is 0 Å². The lowest BCUT2D eigenvalue weighted by Gasteiger charge is -2.13. The molecule has 34 heavy (non-hydrogen) atoms. The molecule has 3 aromatic rings. The van der Waals surface area contributed by atoms with E-state index in [1.165, 1.54) is 43.9 Å². The highest BCUT2D eigenvalue weighted by molar-refractivity contribution is 7.16. The molecule has 1 heterocycles. The van der Waals surface area contributed by atoms with Crippen LogP contribution < -0.4 is 14.8 Å². The van der Waals surface area contributed by atoms with Gasteiger partial charge < -0.3 is 14.8 Å². The number of fused-ring (bicyclic) bond motifs is 1. The second kappa shape index (κ2) is 10.5. The molecule has 0 saturated carbocycles. The fourth-order valence-electron chi connectivity index (χ4n) is 4.02. The van der Waals surface area contributed by atoms with Crippen molar-refractivity contribution in [3.8, 4) is 11.5 Å². The van der Waals surface area contributed by atoms with Gasteiger partial charge in [0.05, 0.1) is 36.3 Å². The first-order valence-electron chi connectivity index (χ1n) is 10.9. The van der Waals surface area contributed by atoms with E-state index in [-0.39, 0.29) is 22.9 Å². The van der Waals surface area contributed by atoms with Crippen LogP contribution in [0, 0.1) is 10.1 Å². The first-order chi connectivity index (χ1) is 16.5. The molecule has 4 rings (SSSR count). The molecule has 0 radical (unpaired) electrons. The van der Waals surface area contributed by atoms with Crippen LogP contribution in [0.4, 0.5) is 10.7 Å². The minimum absolute atomic E-state index is 0.155. The number of nitro groups is 1. The van der Waals surface area contributed by atoms with Crippen LogP contribution in [0.15, 0.2) is 47.5 Å². The first kappa shape index (κ1) is 23.4. The van der Waals surface area contributed by atoms with Crippen molar-refractivity contribution in [1.82, 2.24) is 5.32 Å². The zero-order valence-electron chi connectivity index (χ0n) is 19.0. The number of amides is 1. The molecule has 1 amide bonds. The largest absolute Gasteiger partial charge is 0.493 e. The van der Waals surface area contributed by atoms with Crippen LogP contribution in [0.5, 0.6) is 11.5 Å². The lowest BCUT2D eigenvalue weighted by Crippen LogP contribution is -2.24. The molecule has 0 spiro atoms. The Bertz CT molecular complexity index is 1240. The van der Waals surface area contributed by atoms with Gasteiger partial charge in [0.1, 0.15) is 5.00 Å². The summed E-state index contributed by atoms with van der Waals surface area (Å²) in [5.74, 6) is 0.442. The Morgan fingerprint density at radius 2 is 1.85 bits per heavy atom. The maximum absolute atomic E-state index is 13.2. The molecule has 2 aromatic carbocycles. The number of nitrogens with one attached hydrogen (secondary N) is 1. The summed E-state index contributed by atoms with van der Waals surface area (Å²) in [7, 11) is 2.89. The topological polar surface area (TPSA) is 103 Å². The van der Waals surface area contributed by atoms with E-state index in [0.717, 1.165) is 41.7 Å². The Balaban J connectivity index is 1.69. The Hall–Kier alpha value is -3.72. The Morgan fingerprint density at radius 1 is 1.15 bits per heavy atom. The summed E-state index contributed by atoms with van der Waals surface area (Å²) in [6, 6.07) is 12.5. The molecule has 0 atom stereocenters. The summed E-state index contributed by atoms with van der Waals surface area (Å²) in [5, 5.41) is 15.2. The number of aryl methyl sites for hydroxylation is 1. The minimum atomic E-state index is -0.490. The van der Waals surface area contributed by atoms with Crippen LogP contribution >= 0.6 is 11.3 Å². The van der Waals surface area contributed by atoms with E-state index in [1.807, 2.05) is 30.3 Å². The molecule has 8 nitrogen and oxygen atoms in total. The molecule has 0 fully saturated rings. The van der Waals surface area contributed by atoms with Crippen LogP contribution in [0.3, 0.4) is 0 Å². The van der Waals surface area contributed by atoms with Gasteiger partial charge in [-0.05, 0) is 42.9 Å². The van der Waals surface area contributed by atoms with Gasteiger partial charge in [0.15, 0.2) is 11.5 Å². The fourth-order valence-corrected chi connectivity index (χ4v) is 5.25. The molecule has 1 aliphatic rings. The van der Waals surface area contributed by atoms with Crippen LogP contribution in [0.25, 0.3) is 0 Å². The number of carbonyl (C=O) groups is 1. The molecular formula is C25H25N3O5S. The third-order valence-corrected chi connectivity index (χ3v) is 6.93. The summed E-state index contributed by atoms with van der Waals surface area (Å²) in [5.41, 5.74) is 2.72. The standard InChI is InChI=1S/C25H25N3O5S/c1-32-20-12-17(19(28(30)31)13-21(20)33-2)15-27-25-23(18-10-6-7-11-22(18)34-25)24(29)26-14-16-8-4-3-5-9-16/h3-5,8-9,12-13,15H,6-7,10-11,14H2,1-2H3,(H,26,29)/b27-15-. The molecule has 9 heteroatoms. The van der Waals surface area contributed by atoms with Crippen molar-refractivity contribution < 1.29 is 19.2 Å². The zero-order valence-corrected chi connectivity index (χ0v) is 19.8. The highest BCUT2D eigenvalue weighted by atomic mass is 32.1. The molecule has 0 bridgehead atoms. The number of rotatable bonds is 8.